The number of rotatable bonds is 4. The van der Waals surface area contributed by atoms with Crippen molar-refractivity contribution in [2.75, 3.05) is 26.2 Å². The van der Waals surface area contributed by atoms with E-state index in [2.05, 4.69) is 5.32 Å². The maximum atomic E-state index is 13.3. The molecule has 21 heavy (non-hydrogen) atoms. The van der Waals surface area contributed by atoms with Gasteiger partial charge in [-0.2, -0.15) is 0 Å². The molecular formula is C13H16ClF5N2. The lowest BCUT2D eigenvalue weighted by Crippen LogP contribution is -2.45. The van der Waals surface area contributed by atoms with Crippen LogP contribution in [0.15, 0.2) is 12.1 Å². The summed E-state index contributed by atoms with van der Waals surface area (Å²) in [5, 5.41) is 3.07. The number of alkyl halides is 2. The summed E-state index contributed by atoms with van der Waals surface area (Å²) in [6.07, 6.45) is -3.14. The first-order valence-electron chi connectivity index (χ1n) is 6.36. The fourth-order valence-electron chi connectivity index (χ4n) is 2.43. The molecule has 2 rings (SSSR count). The third-order valence-electron chi connectivity index (χ3n) is 3.38. The lowest BCUT2D eigenvalue weighted by Gasteiger charge is -2.35. The quantitative estimate of drug-likeness (QED) is 0.674. The van der Waals surface area contributed by atoms with Gasteiger partial charge in [-0.3, -0.25) is 4.90 Å². The molecule has 1 aliphatic heterocycles. The zero-order chi connectivity index (χ0) is 14.7. The Morgan fingerprint density at radius 3 is 2.05 bits per heavy atom. The Bertz CT molecular complexity index is 443. The van der Waals surface area contributed by atoms with Gasteiger partial charge in [-0.05, 0) is 17.7 Å². The molecule has 0 unspecified atom stereocenters. The van der Waals surface area contributed by atoms with Gasteiger partial charge in [0.25, 0.3) is 0 Å². The highest BCUT2D eigenvalue weighted by atomic mass is 35.5. The molecule has 0 aliphatic carbocycles. The van der Waals surface area contributed by atoms with E-state index in [0.29, 0.717) is 26.2 Å². The van der Waals surface area contributed by atoms with Crippen molar-refractivity contribution in [1.82, 2.24) is 10.2 Å². The van der Waals surface area contributed by atoms with Gasteiger partial charge in [-0.25, -0.2) is 22.0 Å². The molecule has 0 radical (unpaired) electrons. The van der Waals surface area contributed by atoms with Crippen LogP contribution in [0.5, 0.6) is 0 Å². The molecule has 0 saturated carbocycles. The van der Waals surface area contributed by atoms with Crippen molar-refractivity contribution in [1.29, 1.82) is 0 Å². The lowest BCUT2D eigenvalue weighted by molar-refractivity contribution is 0.0736. The Morgan fingerprint density at radius 1 is 1.05 bits per heavy atom. The Kier molecular flexibility index (Phi) is 6.83. The Balaban J connectivity index is 0.00000220. The second-order valence-electron chi connectivity index (χ2n) is 4.73. The van der Waals surface area contributed by atoms with Crippen molar-refractivity contribution < 1.29 is 22.0 Å². The molecule has 8 heteroatoms. The molecule has 1 aliphatic rings. The van der Waals surface area contributed by atoms with E-state index in [-0.39, 0.29) is 18.0 Å². The number of halogens is 6. The highest BCUT2D eigenvalue weighted by molar-refractivity contribution is 5.85. The van der Waals surface area contributed by atoms with Crippen LogP contribution in [0.25, 0.3) is 0 Å². The number of hydrogen-bond acceptors (Lipinski definition) is 2. The average Bonchev–Trinajstić information content (AvgIpc) is 2.42. The second-order valence-corrected chi connectivity index (χ2v) is 4.73. The number of hydrogen-bond donors (Lipinski definition) is 1. The number of nitrogens with one attached hydrogen (secondary N) is 1. The second kappa shape index (κ2) is 7.91. The van der Waals surface area contributed by atoms with E-state index in [1.54, 1.807) is 4.90 Å². The predicted octanol–water partition coefficient (Wildman–Crippen LogP) is 3.13. The fraction of sp³-hybridized carbons (Fsp3) is 0.538. The van der Waals surface area contributed by atoms with Crippen molar-refractivity contribution in [2.45, 2.75) is 18.9 Å². The highest BCUT2D eigenvalue weighted by Gasteiger charge is 2.27. The molecule has 2 nitrogen and oxygen atoms in total. The molecule has 1 fully saturated rings. The molecule has 0 spiro atoms. The first kappa shape index (κ1) is 18.1. The zero-order valence-electron chi connectivity index (χ0n) is 11.1. The van der Waals surface area contributed by atoms with Crippen LogP contribution in [0.4, 0.5) is 22.0 Å². The summed E-state index contributed by atoms with van der Waals surface area (Å²) in [5.74, 6) is -4.28. The van der Waals surface area contributed by atoms with E-state index >= 15 is 0 Å². The van der Waals surface area contributed by atoms with Crippen molar-refractivity contribution in [3.05, 3.63) is 35.1 Å². The normalized spacial score (nSPS) is 17.6. The van der Waals surface area contributed by atoms with Crippen molar-refractivity contribution >= 4 is 12.4 Å². The van der Waals surface area contributed by atoms with Crippen LogP contribution in [0, 0.1) is 17.5 Å². The molecule has 1 aromatic carbocycles. The van der Waals surface area contributed by atoms with E-state index in [9.17, 15) is 22.0 Å². The van der Waals surface area contributed by atoms with Gasteiger partial charge >= 0.3 is 0 Å². The van der Waals surface area contributed by atoms with Crippen molar-refractivity contribution in [3.8, 4) is 0 Å². The summed E-state index contributed by atoms with van der Waals surface area (Å²) >= 11 is 0. The van der Waals surface area contributed by atoms with Gasteiger partial charge in [0.2, 0.25) is 6.43 Å². The monoisotopic (exact) mass is 330 g/mol. The molecule has 0 bridgehead atoms. The third kappa shape index (κ3) is 4.52. The molecule has 0 amide bonds. The van der Waals surface area contributed by atoms with E-state index < -0.39 is 36.3 Å². The number of benzene rings is 1. The van der Waals surface area contributed by atoms with Crippen LogP contribution in [-0.4, -0.2) is 37.5 Å². The van der Waals surface area contributed by atoms with Crippen LogP contribution in [0.3, 0.4) is 0 Å². The first-order chi connectivity index (χ1) is 9.49. The van der Waals surface area contributed by atoms with Gasteiger partial charge in [0.05, 0.1) is 0 Å². The molecule has 1 N–H and O–H groups in total. The van der Waals surface area contributed by atoms with Gasteiger partial charge in [-0.1, -0.05) is 0 Å². The van der Waals surface area contributed by atoms with Gasteiger partial charge in [0, 0.05) is 38.6 Å². The summed E-state index contributed by atoms with van der Waals surface area (Å²) in [6, 6.07) is 0.780. The average molecular weight is 331 g/mol. The molecule has 120 valence electrons. The van der Waals surface area contributed by atoms with Gasteiger partial charge in [-0.15, -0.1) is 12.4 Å². The zero-order valence-corrected chi connectivity index (χ0v) is 11.9. The van der Waals surface area contributed by atoms with Gasteiger partial charge in [0.15, 0.2) is 17.5 Å². The molecular weight excluding hydrogens is 315 g/mol. The van der Waals surface area contributed by atoms with E-state index in [4.69, 9.17) is 0 Å². The van der Waals surface area contributed by atoms with Crippen LogP contribution < -0.4 is 5.32 Å². The molecule has 0 aromatic heterocycles. The summed E-state index contributed by atoms with van der Waals surface area (Å²) in [5.41, 5.74) is 0.0450. The minimum Gasteiger partial charge on any atom is -0.314 e. The summed E-state index contributed by atoms with van der Waals surface area (Å²) in [4.78, 5) is 1.73. The van der Waals surface area contributed by atoms with E-state index in [1.165, 1.54) is 0 Å². The summed E-state index contributed by atoms with van der Waals surface area (Å²) in [7, 11) is 0. The van der Waals surface area contributed by atoms with E-state index in [1.807, 2.05) is 0 Å². The Morgan fingerprint density at radius 2 is 1.57 bits per heavy atom. The Labute approximate surface area is 125 Å². The molecule has 1 saturated heterocycles. The largest absolute Gasteiger partial charge is 0.314 e. The van der Waals surface area contributed by atoms with Crippen molar-refractivity contribution in [2.24, 2.45) is 0 Å². The van der Waals surface area contributed by atoms with E-state index in [0.717, 1.165) is 12.1 Å². The maximum Gasteiger partial charge on any atom is 0.240 e. The Hall–Kier alpha value is -0.920. The molecule has 1 heterocycles. The standard InChI is InChI=1S/C13H15F5N2.ClH/c14-9-5-8(6-10(15)13(9)18)11(7-12(16)17)20-3-1-19-2-4-20;/h5-6,11-12,19H,1-4,7H2;1H/t11-;/m0./s1. The minimum absolute atomic E-state index is 0. The molecule has 1 aromatic rings. The van der Waals surface area contributed by atoms with Crippen LogP contribution in [0.2, 0.25) is 0 Å². The lowest BCUT2D eigenvalue weighted by atomic mass is 10.0. The smallest absolute Gasteiger partial charge is 0.240 e. The molecule has 1 atom stereocenters. The third-order valence-corrected chi connectivity index (χ3v) is 3.38. The van der Waals surface area contributed by atoms with Crippen LogP contribution in [-0.2, 0) is 0 Å². The van der Waals surface area contributed by atoms with Gasteiger partial charge < -0.3 is 5.32 Å². The van der Waals surface area contributed by atoms with Gasteiger partial charge in [0.1, 0.15) is 0 Å². The fourth-order valence-corrected chi connectivity index (χ4v) is 2.43. The maximum absolute atomic E-state index is 13.3. The minimum atomic E-state index is -2.61. The van der Waals surface area contributed by atoms with Crippen molar-refractivity contribution in [3.63, 3.8) is 0 Å². The van der Waals surface area contributed by atoms with Crippen LogP contribution >= 0.6 is 12.4 Å². The highest BCUT2D eigenvalue weighted by Crippen LogP contribution is 2.29. The topological polar surface area (TPSA) is 15.3 Å². The predicted molar refractivity (Wildman–Crippen MR) is 71.4 cm³/mol. The van der Waals surface area contributed by atoms with Crippen LogP contribution in [0.1, 0.15) is 18.0 Å². The summed E-state index contributed by atoms with van der Waals surface area (Å²) < 4.78 is 64.9. The SMILES string of the molecule is Cl.Fc1cc([C@H](CC(F)F)N2CCNCC2)cc(F)c1F. The number of piperazine rings is 1. The number of nitrogens with zero attached hydrogens (tertiary/aromatic N) is 1. The summed E-state index contributed by atoms with van der Waals surface area (Å²) in [6.45, 7) is 2.23. The first-order valence-corrected chi connectivity index (χ1v) is 6.36.